The molecule has 12 N–H and O–H groups in total. The molecule has 3 heterocycles. The molecule has 0 radical (unpaired) electrons. The Morgan fingerprint density at radius 3 is 1.11 bits per heavy atom. The largest absolute Gasteiger partial charge is 0.394 e. The van der Waals surface area contributed by atoms with Crippen LogP contribution < -0.4 is 5.32 Å². The molecule has 0 aromatic rings. The lowest BCUT2D eigenvalue weighted by Gasteiger charge is -2.48. The Labute approximate surface area is 512 Å². The van der Waals surface area contributed by atoms with Gasteiger partial charge in [-0.15, -0.1) is 0 Å². The highest BCUT2D eigenvalue weighted by molar-refractivity contribution is 5.76. The second kappa shape index (κ2) is 49.3. The van der Waals surface area contributed by atoms with Gasteiger partial charge in [-0.3, -0.25) is 4.79 Å². The van der Waals surface area contributed by atoms with E-state index >= 15 is 0 Å². The number of hydrogen-bond donors (Lipinski definition) is 12. The van der Waals surface area contributed by atoms with Crippen LogP contribution >= 0.6 is 0 Å². The van der Waals surface area contributed by atoms with Gasteiger partial charge in [0, 0.05) is 6.42 Å². The summed E-state index contributed by atoms with van der Waals surface area (Å²) in [6.07, 6.45) is 26.4. The maximum atomic E-state index is 13.4. The summed E-state index contributed by atoms with van der Waals surface area (Å²) in [4.78, 5) is 13.4. The van der Waals surface area contributed by atoms with Crippen molar-refractivity contribution in [2.75, 3.05) is 26.4 Å². The van der Waals surface area contributed by atoms with E-state index in [1.165, 1.54) is 199 Å². The highest BCUT2D eigenvalue weighted by atomic mass is 16.8. The number of allylic oxidation sites excluding steroid dienone is 1. The number of hydrogen-bond acceptors (Lipinski definition) is 18. The molecule has 19 heteroatoms. The standard InChI is InChI=1S/C66H125NO18/c1-3-5-7-9-11-13-15-17-18-19-20-21-22-23-24-25-26-27-28-29-30-31-32-34-36-38-40-42-44-54(72)67-49(50(71)43-41-39-37-35-33-16-14-12-10-8-6-4-2)48-80-64-60(78)57(75)62(52(46-69)82-64)85-66-61(79)58(76)63(53(47-70)83-66)84-65-59(77)56(74)55(73)51(45-68)81-65/h41,43,49-53,55-66,68-71,73-79H,3-40,42,44-48H2,1-2H3,(H,67,72)/b43-41+. The van der Waals surface area contributed by atoms with Gasteiger partial charge in [-0.05, 0) is 19.3 Å². The third-order valence-corrected chi connectivity index (χ3v) is 17.6. The number of carbonyl (C=O) groups is 1. The fraction of sp³-hybridized carbons (Fsp3) is 0.955. The van der Waals surface area contributed by atoms with E-state index in [0.717, 1.165) is 44.9 Å². The zero-order valence-corrected chi connectivity index (χ0v) is 52.9. The number of aliphatic hydroxyl groups excluding tert-OH is 11. The van der Waals surface area contributed by atoms with Crippen molar-refractivity contribution in [3.8, 4) is 0 Å². The topological polar surface area (TPSA) is 307 Å². The number of unbranched alkanes of at least 4 members (excludes halogenated alkanes) is 37. The second-order valence-electron chi connectivity index (χ2n) is 25.0. The van der Waals surface area contributed by atoms with Crippen LogP contribution in [0, 0.1) is 0 Å². The molecule has 17 unspecified atom stereocenters. The molecular weight excluding hydrogens is 1090 g/mol. The van der Waals surface area contributed by atoms with Crippen molar-refractivity contribution >= 4 is 5.91 Å². The van der Waals surface area contributed by atoms with Gasteiger partial charge >= 0.3 is 0 Å². The lowest BCUT2D eigenvalue weighted by Crippen LogP contribution is -2.66. The van der Waals surface area contributed by atoms with Crippen LogP contribution in [0.2, 0.25) is 0 Å². The predicted molar refractivity (Wildman–Crippen MR) is 328 cm³/mol. The first kappa shape index (κ1) is 77.8. The van der Waals surface area contributed by atoms with Crippen LogP contribution in [0.3, 0.4) is 0 Å². The number of nitrogens with one attached hydrogen (secondary N) is 1. The maximum Gasteiger partial charge on any atom is 0.220 e. The summed E-state index contributed by atoms with van der Waals surface area (Å²) in [6, 6.07) is -0.967. The number of ether oxygens (including phenoxy) is 6. The summed E-state index contributed by atoms with van der Waals surface area (Å²) >= 11 is 0. The average molecular weight is 1220 g/mol. The normalized spacial score (nSPS) is 29.0. The zero-order valence-electron chi connectivity index (χ0n) is 52.9. The fourth-order valence-electron chi connectivity index (χ4n) is 12.0. The van der Waals surface area contributed by atoms with E-state index in [4.69, 9.17) is 28.4 Å². The SMILES string of the molecule is CCCCCCCCCCCC/C=C/C(O)C(COC1OC(CO)C(OC2OC(CO)C(OC3OC(CO)C(O)C(O)C3O)C(O)C2O)C(O)C1O)NC(=O)CCCCCCCCCCCCCCCCCCCCCCCCCCCCCC. The number of aliphatic hydroxyl groups is 11. The van der Waals surface area contributed by atoms with Crippen LogP contribution in [0.25, 0.3) is 0 Å². The molecule has 3 aliphatic rings. The van der Waals surface area contributed by atoms with E-state index in [1.807, 2.05) is 6.08 Å². The average Bonchev–Trinajstić information content (AvgIpc) is 3.29. The van der Waals surface area contributed by atoms with Gasteiger partial charge in [0.25, 0.3) is 0 Å². The molecule has 17 atom stereocenters. The van der Waals surface area contributed by atoms with E-state index in [-0.39, 0.29) is 18.9 Å². The summed E-state index contributed by atoms with van der Waals surface area (Å²) in [5.41, 5.74) is 0. The Morgan fingerprint density at radius 1 is 0.412 bits per heavy atom. The maximum absolute atomic E-state index is 13.4. The smallest absolute Gasteiger partial charge is 0.220 e. The Hall–Kier alpha value is -1.47. The first-order valence-corrected chi connectivity index (χ1v) is 34.4. The van der Waals surface area contributed by atoms with Gasteiger partial charge in [0.15, 0.2) is 18.9 Å². The van der Waals surface area contributed by atoms with Crippen LogP contribution in [0.5, 0.6) is 0 Å². The van der Waals surface area contributed by atoms with Crippen molar-refractivity contribution < 1.29 is 89.4 Å². The minimum atomic E-state index is -1.97. The van der Waals surface area contributed by atoms with Crippen molar-refractivity contribution in [3.05, 3.63) is 12.2 Å². The van der Waals surface area contributed by atoms with Crippen molar-refractivity contribution in [1.29, 1.82) is 0 Å². The predicted octanol–water partition coefficient (Wildman–Crippen LogP) is 8.50. The molecule has 85 heavy (non-hydrogen) atoms. The van der Waals surface area contributed by atoms with E-state index < -0.39 is 124 Å². The highest BCUT2D eigenvalue weighted by Crippen LogP contribution is 2.33. The van der Waals surface area contributed by atoms with Crippen molar-refractivity contribution in [2.45, 2.75) is 375 Å². The van der Waals surface area contributed by atoms with Crippen molar-refractivity contribution in [1.82, 2.24) is 5.32 Å². The second-order valence-corrected chi connectivity index (χ2v) is 25.0. The molecule has 3 rings (SSSR count). The van der Waals surface area contributed by atoms with Gasteiger partial charge in [0.1, 0.15) is 73.2 Å². The van der Waals surface area contributed by atoms with Crippen molar-refractivity contribution in [2.24, 2.45) is 0 Å². The minimum absolute atomic E-state index is 0.249. The van der Waals surface area contributed by atoms with E-state index in [2.05, 4.69) is 19.2 Å². The molecule has 3 saturated heterocycles. The highest BCUT2D eigenvalue weighted by Gasteiger charge is 2.53. The van der Waals surface area contributed by atoms with Gasteiger partial charge in [0.05, 0.1) is 38.6 Å². The minimum Gasteiger partial charge on any atom is -0.394 e. The lowest BCUT2D eigenvalue weighted by molar-refractivity contribution is -0.379. The Balaban J connectivity index is 1.38. The van der Waals surface area contributed by atoms with Crippen LogP contribution in [0.1, 0.15) is 271 Å². The van der Waals surface area contributed by atoms with E-state index in [0.29, 0.717) is 6.42 Å². The Bertz CT molecular complexity index is 1600. The third-order valence-electron chi connectivity index (χ3n) is 17.6. The quantitative estimate of drug-likeness (QED) is 0.0201. The molecule has 502 valence electrons. The molecule has 0 bridgehead atoms. The summed E-state index contributed by atoms with van der Waals surface area (Å²) < 4.78 is 34.3. The molecular formula is C66H125NO18. The molecule has 0 saturated carbocycles. The van der Waals surface area contributed by atoms with Crippen molar-refractivity contribution in [3.63, 3.8) is 0 Å². The summed E-state index contributed by atoms with van der Waals surface area (Å²) in [5, 5.41) is 120. The molecule has 0 aromatic carbocycles. The van der Waals surface area contributed by atoms with Crippen LogP contribution in [0.15, 0.2) is 12.2 Å². The van der Waals surface area contributed by atoms with Gasteiger partial charge < -0.3 is 89.9 Å². The number of rotatable bonds is 53. The summed E-state index contributed by atoms with van der Waals surface area (Å²) in [6.45, 7) is 1.74. The summed E-state index contributed by atoms with van der Waals surface area (Å²) in [5.74, 6) is -0.271. The first-order valence-electron chi connectivity index (χ1n) is 34.4. The first-order chi connectivity index (χ1) is 41.3. The van der Waals surface area contributed by atoms with E-state index in [9.17, 15) is 61.0 Å². The third kappa shape index (κ3) is 31.9. The van der Waals surface area contributed by atoms with Gasteiger partial charge in [-0.1, -0.05) is 257 Å². The lowest BCUT2D eigenvalue weighted by atomic mass is 9.96. The number of carbonyl (C=O) groups excluding carboxylic acids is 1. The molecule has 3 aliphatic heterocycles. The van der Waals surface area contributed by atoms with Crippen LogP contribution in [-0.4, -0.2) is 193 Å². The molecule has 0 aliphatic carbocycles. The molecule has 19 nitrogen and oxygen atoms in total. The Morgan fingerprint density at radius 2 is 0.729 bits per heavy atom. The molecule has 0 aromatic heterocycles. The van der Waals surface area contributed by atoms with Gasteiger partial charge in [-0.2, -0.15) is 0 Å². The van der Waals surface area contributed by atoms with Gasteiger partial charge in [-0.25, -0.2) is 0 Å². The number of amides is 1. The molecule has 1 amide bonds. The van der Waals surface area contributed by atoms with Gasteiger partial charge in [0.2, 0.25) is 5.91 Å². The van der Waals surface area contributed by atoms with Crippen LogP contribution in [-0.2, 0) is 33.2 Å². The zero-order chi connectivity index (χ0) is 61.9. The van der Waals surface area contributed by atoms with Crippen LogP contribution in [0.4, 0.5) is 0 Å². The summed E-state index contributed by atoms with van der Waals surface area (Å²) in [7, 11) is 0. The Kier molecular flexibility index (Phi) is 45.1. The molecule has 3 fully saturated rings. The molecule has 0 spiro atoms. The fourth-order valence-corrected chi connectivity index (χ4v) is 12.0. The van der Waals surface area contributed by atoms with E-state index in [1.54, 1.807) is 6.08 Å². The monoisotopic (exact) mass is 1220 g/mol.